The molecule has 0 saturated heterocycles. The van der Waals surface area contributed by atoms with Gasteiger partial charge in [0.25, 0.3) is 5.56 Å². The van der Waals surface area contributed by atoms with Gasteiger partial charge in [0.15, 0.2) is 11.5 Å². The normalized spacial score (nSPS) is 10.5. The minimum Gasteiger partial charge on any atom is -0.508 e. The van der Waals surface area contributed by atoms with Crippen molar-refractivity contribution in [1.82, 2.24) is 9.78 Å². The highest BCUT2D eigenvalue weighted by molar-refractivity contribution is 5.64. The lowest BCUT2D eigenvalue weighted by Crippen LogP contribution is -2.12. The number of aromatic hydroxyl groups is 1. The standard InChI is InChI=1S/C17H16N2O4/c1-22-15-8-3-11(9-16(15)23-2)14-10-17(21)19(18-14)12-4-6-13(20)7-5-12/h3-10,18,20H,1-2H3. The van der Waals surface area contributed by atoms with Gasteiger partial charge in [-0.05, 0) is 42.5 Å². The molecule has 6 nitrogen and oxygen atoms in total. The van der Waals surface area contributed by atoms with Crippen LogP contribution in [0.3, 0.4) is 0 Å². The molecule has 6 heteroatoms. The first-order valence-corrected chi connectivity index (χ1v) is 6.96. The minimum absolute atomic E-state index is 0.147. The van der Waals surface area contributed by atoms with Gasteiger partial charge in [-0.15, -0.1) is 0 Å². The molecule has 118 valence electrons. The van der Waals surface area contributed by atoms with E-state index in [9.17, 15) is 9.90 Å². The van der Waals surface area contributed by atoms with Gasteiger partial charge in [0.05, 0.1) is 25.6 Å². The Labute approximate surface area is 132 Å². The topological polar surface area (TPSA) is 76.5 Å². The van der Waals surface area contributed by atoms with Crippen molar-refractivity contribution in [2.75, 3.05) is 14.2 Å². The summed E-state index contributed by atoms with van der Waals surface area (Å²) in [6.07, 6.45) is 0. The minimum atomic E-state index is -0.194. The number of H-pyrrole nitrogens is 1. The summed E-state index contributed by atoms with van der Waals surface area (Å²) in [7, 11) is 3.13. The SMILES string of the molecule is COc1ccc(-c2cc(=O)n(-c3ccc(O)cc3)[nH]2)cc1OC. The van der Waals surface area contributed by atoms with Gasteiger partial charge in [0.1, 0.15) is 5.75 Å². The molecule has 2 N–H and O–H groups in total. The van der Waals surface area contributed by atoms with Crippen LogP contribution in [0.2, 0.25) is 0 Å². The summed E-state index contributed by atoms with van der Waals surface area (Å²) in [4.78, 5) is 12.2. The molecule has 23 heavy (non-hydrogen) atoms. The van der Waals surface area contributed by atoms with Crippen molar-refractivity contribution in [2.24, 2.45) is 0 Å². The highest BCUT2D eigenvalue weighted by Crippen LogP contribution is 2.31. The molecule has 0 atom stereocenters. The maximum absolute atomic E-state index is 12.2. The van der Waals surface area contributed by atoms with E-state index < -0.39 is 0 Å². The van der Waals surface area contributed by atoms with Gasteiger partial charge in [-0.1, -0.05) is 0 Å². The average Bonchev–Trinajstić information content (AvgIpc) is 2.96. The van der Waals surface area contributed by atoms with Crippen molar-refractivity contribution in [3.63, 3.8) is 0 Å². The summed E-state index contributed by atoms with van der Waals surface area (Å²) in [5.41, 5.74) is 1.90. The van der Waals surface area contributed by atoms with Crippen LogP contribution in [0.4, 0.5) is 0 Å². The largest absolute Gasteiger partial charge is 0.508 e. The van der Waals surface area contributed by atoms with E-state index in [1.54, 1.807) is 38.5 Å². The summed E-state index contributed by atoms with van der Waals surface area (Å²) >= 11 is 0. The van der Waals surface area contributed by atoms with Crippen molar-refractivity contribution < 1.29 is 14.6 Å². The molecule has 3 rings (SSSR count). The lowest BCUT2D eigenvalue weighted by molar-refractivity contribution is 0.355. The molecule has 1 aromatic heterocycles. The molecule has 0 bridgehead atoms. The van der Waals surface area contributed by atoms with Crippen LogP contribution in [0.1, 0.15) is 0 Å². The predicted molar refractivity (Wildman–Crippen MR) is 86.6 cm³/mol. The summed E-state index contributed by atoms with van der Waals surface area (Å²) in [5, 5.41) is 12.4. The van der Waals surface area contributed by atoms with Crippen molar-refractivity contribution in [2.45, 2.75) is 0 Å². The van der Waals surface area contributed by atoms with E-state index in [-0.39, 0.29) is 11.3 Å². The average molecular weight is 312 g/mol. The van der Waals surface area contributed by atoms with Crippen molar-refractivity contribution in [3.8, 4) is 34.2 Å². The fourth-order valence-electron chi connectivity index (χ4n) is 2.34. The Kier molecular flexibility index (Phi) is 3.80. The Morgan fingerprint density at radius 3 is 2.30 bits per heavy atom. The molecule has 3 aromatic rings. The number of phenolic OH excluding ortho intramolecular Hbond substituents is 1. The molecule has 0 amide bonds. The van der Waals surface area contributed by atoms with E-state index in [4.69, 9.17) is 9.47 Å². The molecule has 0 saturated carbocycles. The van der Waals surface area contributed by atoms with E-state index >= 15 is 0 Å². The van der Waals surface area contributed by atoms with Crippen molar-refractivity contribution >= 4 is 0 Å². The summed E-state index contributed by atoms with van der Waals surface area (Å²) in [6.45, 7) is 0. The van der Waals surface area contributed by atoms with Crippen LogP contribution in [0, 0.1) is 0 Å². The maximum atomic E-state index is 12.2. The number of ether oxygens (including phenoxy) is 2. The van der Waals surface area contributed by atoms with E-state index in [1.807, 2.05) is 6.07 Å². The van der Waals surface area contributed by atoms with E-state index in [0.29, 0.717) is 22.9 Å². The fourth-order valence-corrected chi connectivity index (χ4v) is 2.34. The number of hydrogen-bond donors (Lipinski definition) is 2. The zero-order valence-electron chi connectivity index (χ0n) is 12.7. The fraction of sp³-hybridized carbons (Fsp3) is 0.118. The molecule has 0 fully saturated rings. The molecule has 2 aromatic carbocycles. The van der Waals surface area contributed by atoms with Crippen molar-refractivity contribution in [3.05, 3.63) is 58.9 Å². The van der Waals surface area contributed by atoms with Crippen LogP contribution in [0.5, 0.6) is 17.2 Å². The van der Waals surface area contributed by atoms with Crippen LogP contribution in [0.15, 0.2) is 53.3 Å². The van der Waals surface area contributed by atoms with Gasteiger partial charge in [0, 0.05) is 11.6 Å². The van der Waals surface area contributed by atoms with Gasteiger partial charge in [0.2, 0.25) is 0 Å². The van der Waals surface area contributed by atoms with Crippen LogP contribution < -0.4 is 15.0 Å². The summed E-state index contributed by atoms with van der Waals surface area (Å²) in [5.74, 6) is 1.35. The molecular weight excluding hydrogens is 296 g/mol. The quantitative estimate of drug-likeness (QED) is 0.776. The second-order valence-corrected chi connectivity index (χ2v) is 4.93. The number of aromatic nitrogens is 2. The zero-order chi connectivity index (χ0) is 16.4. The lowest BCUT2D eigenvalue weighted by atomic mass is 10.1. The molecule has 1 heterocycles. The van der Waals surface area contributed by atoms with Gasteiger partial charge < -0.3 is 14.6 Å². The van der Waals surface area contributed by atoms with Crippen LogP contribution in [-0.4, -0.2) is 29.1 Å². The zero-order valence-corrected chi connectivity index (χ0v) is 12.7. The monoisotopic (exact) mass is 312 g/mol. The third-order valence-corrected chi connectivity index (χ3v) is 3.52. The van der Waals surface area contributed by atoms with E-state index in [1.165, 1.54) is 22.9 Å². The van der Waals surface area contributed by atoms with Crippen LogP contribution >= 0.6 is 0 Å². The Hall–Kier alpha value is -3.15. The first kappa shape index (κ1) is 14.8. The second-order valence-electron chi connectivity index (χ2n) is 4.93. The van der Waals surface area contributed by atoms with E-state index in [2.05, 4.69) is 5.10 Å². The maximum Gasteiger partial charge on any atom is 0.271 e. The highest BCUT2D eigenvalue weighted by Gasteiger charge is 2.10. The molecule has 0 spiro atoms. The number of rotatable bonds is 4. The Morgan fingerprint density at radius 2 is 1.65 bits per heavy atom. The highest BCUT2D eigenvalue weighted by atomic mass is 16.5. The Morgan fingerprint density at radius 1 is 0.957 bits per heavy atom. The lowest BCUT2D eigenvalue weighted by Gasteiger charge is -2.08. The van der Waals surface area contributed by atoms with Crippen LogP contribution in [0.25, 0.3) is 16.9 Å². The number of nitrogens with one attached hydrogen (secondary N) is 1. The Balaban J connectivity index is 2.04. The number of aromatic amines is 1. The third-order valence-electron chi connectivity index (χ3n) is 3.52. The second kappa shape index (κ2) is 5.92. The number of benzene rings is 2. The molecule has 0 radical (unpaired) electrons. The molecular formula is C17H16N2O4. The van der Waals surface area contributed by atoms with Gasteiger partial charge in [-0.3, -0.25) is 9.89 Å². The first-order chi connectivity index (χ1) is 11.1. The number of nitrogens with zero attached hydrogens (tertiary/aromatic N) is 1. The number of hydrogen-bond acceptors (Lipinski definition) is 4. The summed E-state index contributed by atoms with van der Waals surface area (Å²) in [6, 6.07) is 13.3. The van der Waals surface area contributed by atoms with Gasteiger partial charge >= 0.3 is 0 Å². The molecule has 0 aliphatic heterocycles. The van der Waals surface area contributed by atoms with Gasteiger partial charge in [-0.2, -0.15) is 0 Å². The number of phenols is 1. The molecule has 0 aliphatic rings. The summed E-state index contributed by atoms with van der Waals surface area (Å²) < 4.78 is 11.9. The van der Waals surface area contributed by atoms with E-state index in [0.717, 1.165) is 5.56 Å². The smallest absolute Gasteiger partial charge is 0.271 e. The first-order valence-electron chi connectivity index (χ1n) is 6.96. The Bertz CT molecular complexity index is 878. The van der Waals surface area contributed by atoms with Crippen LogP contribution in [-0.2, 0) is 0 Å². The molecule has 0 unspecified atom stereocenters. The predicted octanol–water partition coefficient (Wildman–Crippen LogP) is 2.56. The van der Waals surface area contributed by atoms with Crippen molar-refractivity contribution in [1.29, 1.82) is 0 Å². The molecule has 0 aliphatic carbocycles. The number of methoxy groups -OCH3 is 2. The third kappa shape index (κ3) is 2.78. The van der Waals surface area contributed by atoms with Gasteiger partial charge in [-0.25, -0.2) is 4.68 Å².